The van der Waals surface area contributed by atoms with Gasteiger partial charge in [-0.1, -0.05) is 6.07 Å². The Balaban J connectivity index is 1.84. The normalized spacial score (nSPS) is 10.1. The molecule has 2 aromatic rings. The van der Waals surface area contributed by atoms with Crippen LogP contribution in [-0.4, -0.2) is 38.7 Å². The molecule has 2 aromatic carbocycles. The molecule has 2 amide bonds. The average Bonchev–Trinajstić information content (AvgIpc) is 2.62. The highest BCUT2D eigenvalue weighted by molar-refractivity contribution is 5.95. The number of carbonyl (C=O) groups is 2. The van der Waals surface area contributed by atoms with Crippen LogP contribution in [0.15, 0.2) is 48.5 Å². The Kier molecular flexibility index (Phi) is 7.45. The highest BCUT2D eigenvalue weighted by Gasteiger charge is 2.06. The van der Waals surface area contributed by atoms with Gasteiger partial charge in [0, 0.05) is 18.5 Å². The Hall–Kier alpha value is -3.06. The van der Waals surface area contributed by atoms with E-state index in [1.54, 1.807) is 48.5 Å². The fraction of sp³-hybridized carbons (Fsp3) is 0.263. The van der Waals surface area contributed by atoms with Crippen LogP contribution in [0.5, 0.6) is 11.5 Å². The molecular weight excluding hydrogens is 336 g/mol. The molecule has 0 spiro atoms. The zero-order chi connectivity index (χ0) is 18.8. The van der Waals surface area contributed by atoms with Crippen LogP contribution < -0.4 is 20.1 Å². The number of methoxy groups -OCH3 is 1. The van der Waals surface area contributed by atoms with Gasteiger partial charge in [-0.25, -0.2) is 0 Å². The second kappa shape index (κ2) is 10.0. The monoisotopic (exact) mass is 358 g/mol. The van der Waals surface area contributed by atoms with Crippen molar-refractivity contribution in [2.45, 2.75) is 6.92 Å². The van der Waals surface area contributed by atoms with Crippen molar-refractivity contribution in [1.82, 2.24) is 0 Å². The Labute approximate surface area is 152 Å². The summed E-state index contributed by atoms with van der Waals surface area (Å²) in [6.45, 7) is 2.33. The van der Waals surface area contributed by atoms with E-state index < -0.39 is 0 Å². The van der Waals surface area contributed by atoms with Gasteiger partial charge in [0.25, 0.3) is 5.91 Å². The predicted octanol–water partition coefficient (Wildman–Crippen LogP) is 2.69. The van der Waals surface area contributed by atoms with E-state index in [1.165, 1.54) is 7.11 Å². The second-order valence-corrected chi connectivity index (χ2v) is 5.30. The van der Waals surface area contributed by atoms with Gasteiger partial charge in [-0.3, -0.25) is 9.59 Å². The van der Waals surface area contributed by atoms with Gasteiger partial charge in [0.2, 0.25) is 5.91 Å². The maximum Gasteiger partial charge on any atom is 0.262 e. The number of nitrogens with one attached hydrogen (secondary N) is 2. The van der Waals surface area contributed by atoms with Crippen molar-refractivity contribution in [3.05, 3.63) is 48.5 Å². The number of anilines is 2. The Bertz CT molecular complexity index is 731. The summed E-state index contributed by atoms with van der Waals surface area (Å²) in [6.07, 6.45) is 0. The molecule has 0 saturated carbocycles. The van der Waals surface area contributed by atoms with Crippen LogP contribution in [0.1, 0.15) is 6.92 Å². The van der Waals surface area contributed by atoms with E-state index in [0.29, 0.717) is 23.7 Å². The summed E-state index contributed by atoms with van der Waals surface area (Å²) >= 11 is 0. The molecule has 138 valence electrons. The van der Waals surface area contributed by atoms with Crippen LogP contribution in [0.25, 0.3) is 0 Å². The van der Waals surface area contributed by atoms with Gasteiger partial charge in [-0.2, -0.15) is 0 Å². The maximum atomic E-state index is 12.0. The van der Waals surface area contributed by atoms with E-state index in [-0.39, 0.29) is 25.0 Å². The van der Waals surface area contributed by atoms with Crippen LogP contribution >= 0.6 is 0 Å². The highest BCUT2D eigenvalue weighted by Crippen LogP contribution is 2.18. The van der Waals surface area contributed by atoms with E-state index in [9.17, 15) is 9.59 Å². The Morgan fingerprint density at radius 1 is 0.846 bits per heavy atom. The van der Waals surface area contributed by atoms with Gasteiger partial charge in [-0.15, -0.1) is 0 Å². The number of hydrogen-bond donors (Lipinski definition) is 2. The summed E-state index contributed by atoms with van der Waals surface area (Å²) in [5.74, 6) is 0.745. The molecule has 7 nitrogen and oxygen atoms in total. The lowest BCUT2D eigenvalue weighted by Gasteiger charge is -2.10. The first-order chi connectivity index (χ1) is 12.6. The average molecular weight is 358 g/mol. The fourth-order valence-electron chi connectivity index (χ4n) is 2.15. The predicted molar refractivity (Wildman–Crippen MR) is 98.7 cm³/mol. The van der Waals surface area contributed by atoms with E-state index in [2.05, 4.69) is 10.6 Å². The molecule has 0 heterocycles. The van der Waals surface area contributed by atoms with Gasteiger partial charge >= 0.3 is 0 Å². The molecule has 0 fully saturated rings. The van der Waals surface area contributed by atoms with Crippen LogP contribution in [-0.2, 0) is 14.3 Å². The van der Waals surface area contributed by atoms with Crippen LogP contribution in [0.3, 0.4) is 0 Å². The van der Waals surface area contributed by atoms with E-state index in [0.717, 1.165) is 5.75 Å². The van der Waals surface area contributed by atoms with Gasteiger partial charge in [0.1, 0.15) is 18.1 Å². The molecule has 2 rings (SSSR count). The number of benzene rings is 2. The number of amides is 2. The minimum atomic E-state index is -0.306. The Morgan fingerprint density at radius 2 is 1.38 bits per heavy atom. The zero-order valence-electron chi connectivity index (χ0n) is 14.8. The third-order valence-electron chi connectivity index (χ3n) is 3.21. The summed E-state index contributed by atoms with van der Waals surface area (Å²) in [7, 11) is 1.45. The topological polar surface area (TPSA) is 85.9 Å². The number of hydrogen-bond acceptors (Lipinski definition) is 5. The van der Waals surface area contributed by atoms with E-state index in [1.807, 2.05) is 6.92 Å². The van der Waals surface area contributed by atoms with Crippen LogP contribution in [0, 0.1) is 0 Å². The molecule has 0 aliphatic carbocycles. The third-order valence-corrected chi connectivity index (χ3v) is 3.21. The van der Waals surface area contributed by atoms with Gasteiger partial charge < -0.3 is 24.8 Å². The molecule has 0 saturated heterocycles. The molecule has 0 aliphatic rings. The summed E-state index contributed by atoms with van der Waals surface area (Å²) in [6, 6.07) is 13.9. The second-order valence-electron chi connectivity index (χ2n) is 5.30. The third kappa shape index (κ3) is 6.45. The number of carbonyl (C=O) groups excluding carboxylic acids is 2. The molecule has 0 radical (unpaired) electrons. The lowest BCUT2D eigenvalue weighted by Crippen LogP contribution is -2.20. The van der Waals surface area contributed by atoms with Crippen LogP contribution in [0.4, 0.5) is 11.4 Å². The number of rotatable bonds is 9. The number of ether oxygens (including phenoxy) is 3. The molecule has 0 atom stereocenters. The summed E-state index contributed by atoms with van der Waals surface area (Å²) in [5.41, 5.74) is 1.12. The summed E-state index contributed by atoms with van der Waals surface area (Å²) < 4.78 is 15.6. The molecular formula is C19H22N2O5. The lowest BCUT2D eigenvalue weighted by atomic mass is 10.2. The molecule has 2 N–H and O–H groups in total. The van der Waals surface area contributed by atoms with Gasteiger partial charge in [-0.05, 0) is 49.4 Å². The molecule has 7 heteroatoms. The minimum absolute atomic E-state index is 0.0352. The van der Waals surface area contributed by atoms with Crippen molar-refractivity contribution >= 4 is 23.2 Å². The maximum absolute atomic E-state index is 12.0. The molecule has 0 bridgehead atoms. The quantitative estimate of drug-likeness (QED) is 0.720. The fourth-order valence-corrected chi connectivity index (χ4v) is 2.15. The molecule has 0 aliphatic heterocycles. The largest absolute Gasteiger partial charge is 0.494 e. The lowest BCUT2D eigenvalue weighted by molar-refractivity contribution is -0.119. The smallest absolute Gasteiger partial charge is 0.262 e. The molecule has 0 aromatic heterocycles. The van der Waals surface area contributed by atoms with Crippen molar-refractivity contribution in [1.29, 1.82) is 0 Å². The first-order valence-corrected chi connectivity index (χ1v) is 8.15. The minimum Gasteiger partial charge on any atom is -0.494 e. The van der Waals surface area contributed by atoms with Gasteiger partial charge in [0.15, 0.2) is 6.61 Å². The first kappa shape index (κ1) is 19.3. The van der Waals surface area contributed by atoms with Crippen molar-refractivity contribution in [3.8, 4) is 11.5 Å². The van der Waals surface area contributed by atoms with Crippen molar-refractivity contribution < 1.29 is 23.8 Å². The molecule has 0 unspecified atom stereocenters. The summed E-state index contributed by atoms with van der Waals surface area (Å²) in [5, 5.41) is 5.39. The van der Waals surface area contributed by atoms with E-state index >= 15 is 0 Å². The standard InChI is InChI=1S/C19H22N2O5/c1-3-25-16-7-9-17(10-8-16)26-13-19(23)21-15-6-4-5-14(11-15)20-18(22)12-24-2/h4-11H,3,12-13H2,1-2H3,(H,20,22)(H,21,23). The molecule has 26 heavy (non-hydrogen) atoms. The SMILES string of the molecule is CCOc1ccc(OCC(=O)Nc2cccc(NC(=O)COC)c2)cc1. The highest BCUT2D eigenvalue weighted by atomic mass is 16.5. The van der Waals surface area contributed by atoms with Gasteiger partial charge in [0.05, 0.1) is 6.61 Å². The van der Waals surface area contributed by atoms with Crippen molar-refractivity contribution in [2.75, 3.05) is 37.6 Å². The Morgan fingerprint density at radius 3 is 1.92 bits per heavy atom. The van der Waals surface area contributed by atoms with Crippen LogP contribution in [0.2, 0.25) is 0 Å². The van der Waals surface area contributed by atoms with E-state index in [4.69, 9.17) is 14.2 Å². The first-order valence-electron chi connectivity index (χ1n) is 8.15. The zero-order valence-corrected chi connectivity index (χ0v) is 14.8. The van der Waals surface area contributed by atoms with Crippen molar-refractivity contribution in [3.63, 3.8) is 0 Å². The summed E-state index contributed by atoms with van der Waals surface area (Å²) in [4.78, 5) is 23.5. The van der Waals surface area contributed by atoms with Crippen molar-refractivity contribution in [2.24, 2.45) is 0 Å².